The van der Waals surface area contributed by atoms with Crippen LogP contribution in [0, 0.1) is 5.92 Å². The van der Waals surface area contributed by atoms with Gasteiger partial charge in [0.25, 0.3) is 5.91 Å². The lowest BCUT2D eigenvalue weighted by molar-refractivity contribution is -0.149. The molecule has 1 aromatic heterocycles. The van der Waals surface area contributed by atoms with Crippen molar-refractivity contribution in [2.75, 3.05) is 19.7 Å². The van der Waals surface area contributed by atoms with Crippen molar-refractivity contribution in [3.63, 3.8) is 0 Å². The number of nitrogens with zero attached hydrogens (tertiary/aromatic N) is 1. The molecule has 0 aromatic carbocycles. The van der Waals surface area contributed by atoms with E-state index in [0.29, 0.717) is 32.5 Å². The molecule has 1 fully saturated rings. The SMILES string of the molecule is CCOC(=O)C1CCN(C(=O)c2ccsc2)CC1. The fourth-order valence-electron chi connectivity index (χ4n) is 2.15. The first-order chi connectivity index (χ1) is 8.72. The molecule has 0 bridgehead atoms. The van der Waals surface area contributed by atoms with Crippen molar-refractivity contribution >= 4 is 23.2 Å². The van der Waals surface area contributed by atoms with Crippen LogP contribution in [-0.2, 0) is 9.53 Å². The fraction of sp³-hybridized carbons (Fsp3) is 0.538. The van der Waals surface area contributed by atoms with Crippen LogP contribution in [0.1, 0.15) is 30.1 Å². The van der Waals surface area contributed by atoms with Gasteiger partial charge in [0, 0.05) is 18.5 Å². The topological polar surface area (TPSA) is 46.6 Å². The van der Waals surface area contributed by atoms with Gasteiger partial charge in [-0.2, -0.15) is 11.3 Å². The average Bonchev–Trinajstić information content (AvgIpc) is 2.92. The van der Waals surface area contributed by atoms with Gasteiger partial charge in [0.05, 0.1) is 18.1 Å². The summed E-state index contributed by atoms with van der Waals surface area (Å²) in [6.45, 7) is 3.51. The third-order valence-corrected chi connectivity index (χ3v) is 3.85. The second-order valence-electron chi connectivity index (χ2n) is 4.33. The summed E-state index contributed by atoms with van der Waals surface area (Å²) in [7, 11) is 0. The van der Waals surface area contributed by atoms with Gasteiger partial charge in [0.1, 0.15) is 0 Å². The van der Waals surface area contributed by atoms with Crippen molar-refractivity contribution in [3.8, 4) is 0 Å². The number of carbonyl (C=O) groups is 2. The van der Waals surface area contributed by atoms with Crippen molar-refractivity contribution in [2.24, 2.45) is 5.92 Å². The van der Waals surface area contributed by atoms with Crippen molar-refractivity contribution in [2.45, 2.75) is 19.8 Å². The minimum atomic E-state index is -0.125. The van der Waals surface area contributed by atoms with E-state index in [1.165, 1.54) is 11.3 Å². The highest BCUT2D eigenvalue weighted by Crippen LogP contribution is 2.21. The smallest absolute Gasteiger partial charge is 0.309 e. The molecule has 0 saturated carbocycles. The van der Waals surface area contributed by atoms with E-state index in [4.69, 9.17) is 4.74 Å². The Balaban J connectivity index is 1.87. The first kappa shape index (κ1) is 13.1. The molecule has 2 rings (SSSR count). The van der Waals surface area contributed by atoms with Crippen LogP contribution in [0.25, 0.3) is 0 Å². The van der Waals surface area contributed by atoms with E-state index in [1.54, 1.807) is 0 Å². The van der Waals surface area contributed by atoms with Crippen LogP contribution < -0.4 is 0 Å². The van der Waals surface area contributed by atoms with E-state index in [0.717, 1.165) is 5.56 Å². The van der Waals surface area contributed by atoms with Crippen LogP contribution in [0.5, 0.6) is 0 Å². The van der Waals surface area contributed by atoms with Gasteiger partial charge < -0.3 is 9.64 Å². The molecule has 98 valence electrons. The molecular formula is C13H17NO3S. The van der Waals surface area contributed by atoms with Crippen LogP contribution in [-0.4, -0.2) is 36.5 Å². The molecule has 5 heteroatoms. The maximum absolute atomic E-state index is 12.1. The summed E-state index contributed by atoms with van der Waals surface area (Å²) in [5.41, 5.74) is 0.745. The molecule has 0 aliphatic carbocycles. The van der Waals surface area contributed by atoms with Gasteiger partial charge in [-0.3, -0.25) is 9.59 Å². The number of piperidine rings is 1. The van der Waals surface area contributed by atoms with Crippen molar-refractivity contribution in [3.05, 3.63) is 22.4 Å². The number of hydrogen-bond acceptors (Lipinski definition) is 4. The Hall–Kier alpha value is -1.36. The van der Waals surface area contributed by atoms with Gasteiger partial charge in [-0.05, 0) is 31.2 Å². The van der Waals surface area contributed by atoms with E-state index in [1.807, 2.05) is 28.7 Å². The Kier molecular flexibility index (Phi) is 4.36. The molecule has 0 spiro atoms. The van der Waals surface area contributed by atoms with Crippen LogP contribution in [0.2, 0.25) is 0 Å². The molecule has 0 unspecified atom stereocenters. The lowest BCUT2D eigenvalue weighted by atomic mass is 9.96. The van der Waals surface area contributed by atoms with E-state index in [-0.39, 0.29) is 17.8 Å². The van der Waals surface area contributed by atoms with Crippen molar-refractivity contribution in [1.29, 1.82) is 0 Å². The largest absolute Gasteiger partial charge is 0.466 e. The maximum Gasteiger partial charge on any atom is 0.309 e. The highest BCUT2D eigenvalue weighted by Gasteiger charge is 2.28. The van der Waals surface area contributed by atoms with Crippen LogP contribution >= 0.6 is 11.3 Å². The zero-order valence-corrected chi connectivity index (χ0v) is 11.2. The number of thiophene rings is 1. The third kappa shape index (κ3) is 2.90. The van der Waals surface area contributed by atoms with Gasteiger partial charge in [0.2, 0.25) is 0 Å². The van der Waals surface area contributed by atoms with Gasteiger partial charge in [-0.25, -0.2) is 0 Å². The first-order valence-electron chi connectivity index (χ1n) is 6.20. The van der Waals surface area contributed by atoms with Gasteiger partial charge in [-0.15, -0.1) is 0 Å². The Bertz CT molecular complexity index is 408. The minimum Gasteiger partial charge on any atom is -0.466 e. The van der Waals surface area contributed by atoms with E-state index < -0.39 is 0 Å². The van der Waals surface area contributed by atoms with Crippen LogP contribution in [0.4, 0.5) is 0 Å². The summed E-state index contributed by atoms with van der Waals surface area (Å²) < 4.78 is 5.01. The molecular weight excluding hydrogens is 250 g/mol. The second-order valence-corrected chi connectivity index (χ2v) is 5.11. The molecule has 1 aliphatic rings. The van der Waals surface area contributed by atoms with Crippen molar-refractivity contribution < 1.29 is 14.3 Å². The number of rotatable bonds is 3. The summed E-state index contributed by atoms with van der Waals surface area (Å²) in [5, 5.41) is 3.76. The lowest BCUT2D eigenvalue weighted by Crippen LogP contribution is -2.40. The summed E-state index contributed by atoms with van der Waals surface area (Å²) in [4.78, 5) is 25.5. The molecule has 4 nitrogen and oxygen atoms in total. The standard InChI is InChI=1S/C13H17NO3S/c1-2-17-13(16)10-3-6-14(7-4-10)12(15)11-5-8-18-9-11/h5,8-10H,2-4,6-7H2,1H3. The molecule has 1 aromatic rings. The molecule has 0 radical (unpaired) electrons. The number of carbonyl (C=O) groups excluding carboxylic acids is 2. The molecule has 1 aliphatic heterocycles. The summed E-state index contributed by atoms with van der Waals surface area (Å²) in [5.74, 6) is -0.102. The highest BCUT2D eigenvalue weighted by atomic mass is 32.1. The zero-order valence-electron chi connectivity index (χ0n) is 10.4. The van der Waals surface area contributed by atoms with E-state index in [9.17, 15) is 9.59 Å². The fourth-order valence-corrected chi connectivity index (χ4v) is 2.78. The van der Waals surface area contributed by atoms with Gasteiger partial charge in [0.15, 0.2) is 0 Å². The number of likely N-dealkylation sites (tertiary alicyclic amines) is 1. The first-order valence-corrected chi connectivity index (χ1v) is 7.14. The van der Waals surface area contributed by atoms with E-state index in [2.05, 4.69) is 0 Å². The molecule has 18 heavy (non-hydrogen) atoms. The number of amides is 1. The monoisotopic (exact) mass is 267 g/mol. The Morgan fingerprint density at radius 2 is 2.17 bits per heavy atom. The molecule has 0 N–H and O–H groups in total. The highest BCUT2D eigenvalue weighted by molar-refractivity contribution is 7.08. The number of hydrogen-bond donors (Lipinski definition) is 0. The predicted octanol–water partition coefficient (Wildman–Crippen LogP) is 2.16. The lowest BCUT2D eigenvalue weighted by Gasteiger charge is -2.30. The Morgan fingerprint density at radius 1 is 1.44 bits per heavy atom. The van der Waals surface area contributed by atoms with Gasteiger partial charge >= 0.3 is 5.97 Å². The van der Waals surface area contributed by atoms with Crippen molar-refractivity contribution in [1.82, 2.24) is 4.90 Å². The zero-order chi connectivity index (χ0) is 13.0. The number of ether oxygens (including phenoxy) is 1. The average molecular weight is 267 g/mol. The molecule has 2 heterocycles. The maximum atomic E-state index is 12.1. The Labute approximate surface area is 111 Å². The quantitative estimate of drug-likeness (QED) is 0.788. The third-order valence-electron chi connectivity index (χ3n) is 3.17. The minimum absolute atomic E-state index is 0.0449. The Morgan fingerprint density at radius 3 is 2.72 bits per heavy atom. The molecule has 0 atom stereocenters. The summed E-state index contributed by atoms with van der Waals surface area (Å²) >= 11 is 1.52. The van der Waals surface area contributed by atoms with E-state index >= 15 is 0 Å². The molecule has 1 saturated heterocycles. The van der Waals surface area contributed by atoms with Gasteiger partial charge in [-0.1, -0.05) is 0 Å². The molecule has 1 amide bonds. The number of esters is 1. The normalized spacial score (nSPS) is 16.6. The van der Waals surface area contributed by atoms with Crippen LogP contribution in [0.15, 0.2) is 16.8 Å². The summed E-state index contributed by atoms with van der Waals surface area (Å²) in [6, 6.07) is 1.84. The predicted molar refractivity (Wildman–Crippen MR) is 69.6 cm³/mol. The summed E-state index contributed by atoms with van der Waals surface area (Å²) in [6.07, 6.45) is 1.41. The second kappa shape index (κ2) is 6.00. The van der Waals surface area contributed by atoms with Crippen LogP contribution in [0.3, 0.4) is 0 Å².